The zero-order chi connectivity index (χ0) is 19.5. The van der Waals surface area contributed by atoms with Gasteiger partial charge in [0.05, 0.1) is 16.8 Å². The topological polar surface area (TPSA) is 103 Å². The van der Waals surface area contributed by atoms with Crippen molar-refractivity contribution in [1.29, 1.82) is 5.26 Å². The summed E-state index contributed by atoms with van der Waals surface area (Å²) in [6.45, 7) is 0. The molecular formula is C20H16N6OS. The lowest BCUT2D eigenvalue weighted by atomic mass is 10.2. The first-order chi connectivity index (χ1) is 13.7. The molecule has 2 heterocycles. The standard InChI is InChI=1S/C20H16N6OS/c1-26-19(13-7-3-2-4-8-13)24-25-20(26)28-12-17(27)14(11-21)18-22-15-9-5-6-10-16(15)23-18/h2-10,27H,12H2,1H3,(H,22,23)/b17-14-. The monoisotopic (exact) mass is 388 g/mol. The minimum atomic E-state index is -0.0594. The first kappa shape index (κ1) is 17.8. The second-order valence-corrected chi connectivity index (χ2v) is 7.00. The largest absolute Gasteiger partial charge is 0.510 e. The van der Waals surface area contributed by atoms with Crippen LogP contribution < -0.4 is 0 Å². The second kappa shape index (κ2) is 7.58. The van der Waals surface area contributed by atoms with Gasteiger partial charge in [-0.05, 0) is 12.1 Å². The quantitative estimate of drug-likeness (QED) is 0.305. The van der Waals surface area contributed by atoms with Gasteiger partial charge in [0, 0.05) is 12.6 Å². The van der Waals surface area contributed by atoms with Gasteiger partial charge in [-0.15, -0.1) is 10.2 Å². The number of nitriles is 1. The minimum Gasteiger partial charge on any atom is -0.510 e. The van der Waals surface area contributed by atoms with E-state index >= 15 is 0 Å². The molecule has 8 heteroatoms. The predicted octanol–water partition coefficient (Wildman–Crippen LogP) is 3.94. The lowest BCUT2D eigenvalue weighted by Crippen LogP contribution is -1.98. The normalized spacial score (nSPS) is 12.0. The molecule has 0 fully saturated rings. The molecule has 28 heavy (non-hydrogen) atoms. The summed E-state index contributed by atoms with van der Waals surface area (Å²) in [5.74, 6) is 1.21. The second-order valence-electron chi connectivity index (χ2n) is 6.06. The highest BCUT2D eigenvalue weighted by Crippen LogP contribution is 2.26. The number of nitrogens with one attached hydrogen (secondary N) is 1. The molecule has 2 aromatic heterocycles. The van der Waals surface area contributed by atoms with Gasteiger partial charge < -0.3 is 14.7 Å². The van der Waals surface area contributed by atoms with E-state index in [0.717, 1.165) is 22.4 Å². The molecule has 0 saturated heterocycles. The summed E-state index contributed by atoms with van der Waals surface area (Å²) in [7, 11) is 1.87. The van der Waals surface area contributed by atoms with Crippen LogP contribution in [-0.2, 0) is 7.05 Å². The number of aliphatic hydroxyl groups excluding tert-OH is 1. The van der Waals surface area contributed by atoms with Crippen molar-refractivity contribution < 1.29 is 5.11 Å². The molecular weight excluding hydrogens is 372 g/mol. The Labute approximate surface area is 165 Å². The van der Waals surface area contributed by atoms with Crippen molar-refractivity contribution in [2.24, 2.45) is 7.05 Å². The van der Waals surface area contributed by atoms with E-state index in [4.69, 9.17) is 0 Å². The molecule has 0 bridgehead atoms. The van der Waals surface area contributed by atoms with Crippen LogP contribution in [0.3, 0.4) is 0 Å². The van der Waals surface area contributed by atoms with E-state index in [1.807, 2.05) is 72.3 Å². The van der Waals surface area contributed by atoms with Crippen molar-refractivity contribution in [3.63, 3.8) is 0 Å². The molecule has 2 aromatic carbocycles. The fraction of sp³-hybridized carbons (Fsp3) is 0.100. The van der Waals surface area contributed by atoms with E-state index in [1.54, 1.807) is 0 Å². The minimum absolute atomic E-state index is 0.0594. The average molecular weight is 388 g/mol. The zero-order valence-corrected chi connectivity index (χ0v) is 15.8. The number of fused-ring (bicyclic) bond motifs is 1. The number of allylic oxidation sites excluding steroid dienone is 1. The van der Waals surface area contributed by atoms with Crippen LogP contribution in [0.1, 0.15) is 5.82 Å². The fourth-order valence-electron chi connectivity index (χ4n) is 2.81. The number of rotatable bonds is 5. The van der Waals surface area contributed by atoms with Crippen LogP contribution in [0.2, 0.25) is 0 Å². The highest BCUT2D eigenvalue weighted by molar-refractivity contribution is 7.99. The van der Waals surface area contributed by atoms with Crippen LogP contribution in [0.5, 0.6) is 0 Å². The SMILES string of the molecule is Cn1c(SC/C(O)=C(\C#N)c2nc3ccccc3[nH]2)nnc1-c1ccccc1. The van der Waals surface area contributed by atoms with Crippen molar-refractivity contribution in [2.45, 2.75) is 5.16 Å². The van der Waals surface area contributed by atoms with Gasteiger partial charge in [-0.2, -0.15) is 5.26 Å². The van der Waals surface area contributed by atoms with Crippen LogP contribution in [-0.4, -0.2) is 35.6 Å². The third kappa shape index (κ3) is 3.35. The van der Waals surface area contributed by atoms with Crippen LogP contribution in [0.15, 0.2) is 65.5 Å². The lowest BCUT2D eigenvalue weighted by molar-refractivity contribution is 0.420. The number of nitrogens with zero attached hydrogens (tertiary/aromatic N) is 5. The molecule has 0 radical (unpaired) electrons. The number of imidazole rings is 1. The van der Waals surface area contributed by atoms with Crippen molar-refractivity contribution >= 4 is 28.4 Å². The first-order valence-electron chi connectivity index (χ1n) is 8.52. The van der Waals surface area contributed by atoms with E-state index in [9.17, 15) is 10.4 Å². The van der Waals surface area contributed by atoms with Gasteiger partial charge in [-0.25, -0.2) is 4.98 Å². The number of hydrogen-bond acceptors (Lipinski definition) is 6. The molecule has 7 nitrogen and oxygen atoms in total. The van der Waals surface area contributed by atoms with Crippen LogP contribution in [0.25, 0.3) is 28.0 Å². The number of benzene rings is 2. The van der Waals surface area contributed by atoms with Gasteiger partial charge in [-0.3, -0.25) is 0 Å². The maximum Gasteiger partial charge on any atom is 0.191 e. The maximum absolute atomic E-state index is 10.5. The average Bonchev–Trinajstić information content (AvgIpc) is 3.31. The molecule has 138 valence electrons. The molecule has 0 unspecified atom stereocenters. The number of H-pyrrole nitrogens is 1. The summed E-state index contributed by atoms with van der Waals surface area (Å²) in [6.07, 6.45) is 0. The molecule has 4 aromatic rings. The van der Waals surface area contributed by atoms with Crippen LogP contribution in [0, 0.1) is 11.3 Å². The Kier molecular flexibility index (Phi) is 4.83. The molecule has 0 amide bonds. The van der Waals surface area contributed by atoms with E-state index < -0.39 is 0 Å². The summed E-state index contributed by atoms with van der Waals surface area (Å²) in [5.41, 5.74) is 2.64. The van der Waals surface area contributed by atoms with Crippen LogP contribution >= 0.6 is 11.8 Å². The molecule has 0 saturated carbocycles. The predicted molar refractivity (Wildman–Crippen MR) is 108 cm³/mol. The van der Waals surface area contributed by atoms with Gasteiger partial charge in [0.1, 0.15) is 17.4 Å². The van der Waals surface area contributed by atoms with Crippen LogP contribution in [0.4, 0.5) is 0 Å². The Balaban J connectivity index is 1.57. The number of hydrogen-bond donors (Lipinski definition) is 2. The van der Waals surface area contributed by atoms with E-state index in [2.05, 4.69) is 20.2 Å². The summed E-state index contributed by atoms with van der Waals surface area (Å²) in [4.78, 5) is 7.45. The summed E-state index contributed by atoms with van der Waals surface area (Å²) < 4.78 is 1.86. The Morgan fingerprint density at radius 3 is 2.64 bits per heavy atom. The molecule has 0 aliphatic heterocycles. The first-order valence-corrected chi connectivity index (χ1v) is 9.51. The van der Waals surface area contributed by atoms with E-state index in [1.165, 1.54) is 11.8 Å². The Bertz CT molecular complexity index is 1170. The van der Waals surface area contributed by atoms with E-state index in [0.29, 0.717) is 11.0 Å². The third-order valence-corrected chi connectivity index (χ3v) is 5.26. The Morgan fingerprint density at radius 1 is 1.14 bits per heavy atom. The van der Waals surface area contributed by atoms with E-state index in [-0.39, 0.29) is 17.1 Å². The van der Waals surface area contributed by atoms with Crippen molar-refractivity contribution in [3.05, 3.63) is 66.2 Å². The Hall–Kier alpha value is -3.57. The highest BCUT2D eigenvalue weighted by Gasteiger charge is 2.16. The molecule has 4 rings (SSSR count). The number of aromatic amines is 1. The molecule has 2 N–H and O–H groups in total. The zero-order valence-electron chi connectivity index (χ0n) is 15.0. The summed E-state index contributed by atoms with van der Waals surface area (Å²) >= 11 is 1.30. The lowest BCUT2D eigenvalue weighted by Gasteiger charge is -2.04. The van der Waals surface area contributed by atoms with Gasteiger partial charge >= 0.3 is 0 Å². The summed E-state index contributed by atoms with van der Waals surface area (Å²) in [6, 6.07) is 19.3. The van der Waals surface area contributed by atoms with Crippen molar-refractivity contribution in [2.75, 3.05) is 5.75 Å². The molecule has 0 aliphatic carbocycles. The van der Waals surface area contributed by atoms with Gasteiger partial charge in [0.15, 0.2) is 16.8 Å². The number of thioether (sulfide) groups is 1. The molecule has 0 atom stereocenters. The van der Waals surface area contributed by atoms with Gasteiger partial charge in [-0.1, -0.05) is 54.2 Å². The number of aromatic nitrogens is 5. The van der Waals surface area contributed by atoms with Crippen molar-refractivity contribution in [1.82, 2.24) is 24.7 Å². The third-order valence-electron chi connectivity index (χ3n) is 4.23. The van der Waals surface area contributed by atoms with Gasteiger partial charge in [0.25, 0.3) is 0 Å². The van der Waals surface area contributed by atoms with Crippen molar-refractivity contribution in [3.8, 4) is 17.5 Å². The van der Waals surface area contributed by atoms with Gasteiger partial charge in [0.2, 0.25) is 0 Å². The fourth-order valence-corrected chi connectivity index (χ4v) is 3.60. The smallest absolute Gasteiger partial charge is 0.191 e. The molecule has 0 spiro atoms. The summed E-state index contributed by atoms with van der Waals surface area (Å²) in [5, 5.41) is 29.1. The maximum atomic E-state index is 10.5. The molecule has 0 aliphatic rings. The number of para-hydroxylation sites is 2. The Morgan fingerprint density at radius 2 is 1.89 bits per heavy atom. The number of aliphatic hydroxyl groups is 1. The highest BCUT2D eigenvalue weighted by atomic mass is 32.2.